The number of likely N-dealkylation sites (tertiary alicyclic amines) is 2. The zero-order chi connectivity index (χ0) is 75.3. The molecule has 4 aliphatic rings. The predicted octanol–water partition coefficient (Wildman–Crippen LogP) is 6.89. The van der Waals surface area contributed by atoms with Crippen molar-refractivity contribution < 1.29 is 71.4 Å². The average Bonchev–Trinajstić information content (AvgIpc) is 1.60. The van der Waals surface area contributed by atoms with Gasteiger partial charge >= 0.3 is 12.1 Å². The van der Waals surface area contributed by atoms with Crippen molar-refractivity contribution in [3.8, 4) is 11.5 Å². The highest BCUT2D eigenvalue weighted by Gasteiger charge is 2.53. The molecule has 2 bridgehead atoms. The predicted molar refractivity (Wildman–Crippen MR) is 386 cm³/mol. The van der Waals surface area contributed by atoms with Gasteiger partial charge in [0.05, 0.1) is 36.6 Å². The van der Waals surface area contributed by atoms with Crippen molar-refractivity contribution in [2.24, 2.45) is 35.3 Å². The second kappa shape index (κ2) is 38.3. The van der Waals surface area contributed by atoms with Gasteiger partial charge in [-0.3, -0.25) is 53.0 Å². The van der Waals surface area contributed by atoms with E-state index in [0.29, 0.717) is 87.9 Å². The lowest BCUT2D eigenvalue weighted by Crippen LogP contribution is -2.60. The molecule has 0 radical (unpaired) electrons. The SMILES string of the molecule is CC[C@H](C)[C@@H]([C@@H](CC(=O)N1CCC[C@H]1[C@H](OC)[C@@H](C)C(=O)N[C@@H](Cc1ccccc1)c1nnc(-c2ccccc2)o1)OC)N(C)C(=O)[C@@H](NC(=O)C1[C@H]2CC[C@H](C2)N1C(=O)OCc1ccc(NC(=O)[C@H](CCCNC(N)=O)NC(=O)[C@@H](NC(=O)CCCCCN2C(=O)C=CC2=O)C(C)C)cc1)C(C)C. The number of nitrogens with zero attached hydrogens (tertiary/aromatic N) is 6. The number of likely N-dealkylation sites (N-methyl/N-ethyl adjacent to an activating group) is 1. The van der Waals surface area contributed by atoms with Crippen LogP contribution in [-0.2, 0) is 70.4 Å². The van der Waals surface area contributed by atoms with E-state index in [0.717, 1.165) is 16.0 Å². The van der Waals surface area contributed by atoms with Crippen LogP contribution in [0.2, 0.25) is 0 Å². The number of aromatic nitrogens is 2. The molecule has 28 heteroatoms. The molecular formula is C76H105N13O15. The minimum absolute atomic E-state index is 0.0884. The number of nitrogens with two attached hydrogens (primary N) is 1. The van der Waals surface area contributed by atoms with Crippen LogP contribution in [0.1, 0.15) is 155 Å². The Morgan fingerprint density at radius 3 is 2.06 bits per heavy atom. The Morgan fingerprint density at radius 2 is 1.41 bits per heavy atom. The maximum absolute atomic E-state index is 15.0. The largest absolute Gasteiger partial charge is 0.445 e. The van der Waals surface area contributed by atoms with Crippen molar-refractivity contribution in [3.05, 3.63) is 114 Å². The summed E-state index contributed by atoms with van der Waals surface area (Å²) >= 11 is 0. The van der Waals surface area contributed by atoms with Gasteiger partial charge in [0.25, 0.3) is 11.8 Å². The Bertz CT molecular complexity index is 3610. The Hall–Kier alpha value is -9.57. The van der Waals surface area contributed by atoms with Gasteiger partial charge in [-0.05, 0) is 117 Å². The summed E-state index contributed by atoms with van der Waals surface area (Å²) in [5.41, 5.74) is 7.87. The molecule has 13 atom stereocenters. The highest BCUT2D eigenvalue weighted by atomic mass is 16.6. The Kier molecular flexibility index (Phi) is 29.5. The summed E-state index contributed by atoms with van der Waals surface area (Å²) in [4.78, 5) is 155. The fraction of sp³-hybridized carbons (Fsp3) is 0.566. The number of urea groups is 1. The van der Waals surface area contributed by atoms with Crippen LogP contribution < -0.4 is 37.6 Å². The lowest BCUT2D eigenvalue weighted by Gasteiger charge is -2.41. The van der Waals surface area contributed by atoms with Gasteiger partial charge in [-0.15, -0.1) is 10.2 Å². The number of amides is 12. The van der Waals surface area contributed by atoms with E-state index in [4.69, 9.17) is 24.4 Å². The number of benzene rings is 3. The highest BCUT2D eigenvalue weighted by Crippen LogP contribution is 2.43. The number of carbonyl (C=O) groups excluding carboxylic acids is 11. The zero-order valence-corrected chi connectivity index (χ0v) is 61.5. The van der Waals surface area contributed by atoms with Crippen molar-refractivity contribution in [3.63, 3.8) is 0 Å². The van der Waals surface area contributed by atoms with Crippen LogP contribution in [0, 0.1) is 29.6 Å². The van der Waals surface area contributed by atoms with Crippen molar-refractivity contribution in [2.75, 3.05) is 46.2 Å². The van der Waals surface area contributed by atoms with Gasteiger partial charge in [-0.25, -0.2) is 9.59 Å². The maximum atomic E-state index is 15.0. The van der Waals surface area contributed by atoms with Crippen LogP contribution in [0.5, 0.6) is 0 Å². The molecule has 564 valence electrons. The standard InChI is InChI=1S/C76H105N13O15/c1-11-47(6)65(58(101-9)43-62(93)87-40-22-28-57(87)67(102-10)48(7)68(94)81-56(41-49-23-15-12-16-24-49)73-85-84-72(104-73)51-25-17-13-18-26-51)86(8)74(98)64(46(4)5)83-71(97)66-52-32-35-54(42-52)89(66)76(100)103-44-50-30-33-53(34-31-50)79-69(95)55(27-21-38-78-75(77)99)80-70(96)63(45(2)3)82-59(90)29-19-14-20-39-88-60(91)36-37-61(88)92/h12-13,15-18,23-26,30-31,33-34,36-37,45-48,52,54-58,63-67H,11,14,19-22,27-29,32,35,38-44H2,1-10H3,(H,79,95)(H,80,96)(H,81,94)(H,82,90)(H,83,97)(H3,77,78,99)/t47-,48+,52-,54+,55-,56-,57-,58+,63-,64-,65-,66?,67+/m0/s1. The van der Waals surface area contributed by atoms with Gasteiger partial charge in [0.2, 0.25) is 53.1 Å². The number of primary amides is 1. The molecule has 8 rings (SSSR count). The first-order valence-corrected chi connectivity index (χ1v) is 36.5. The molecule has 1 aliphatic carbocycles. The summed E-state index contributed by atoms with van der Waals surface area (Å²) in [5.74, 6) is -5.04. The first-order chi connectivity index (χ1) is 49.8. The van der Waals surface area contributed by atoms with Crippen LogP contribution in [0.25, 0.3) is 11.5 Å². The number of anilines is 1. The number of fused-ring (bicyclic) bond motifs is 2. The lowest BCUT2D eigenvalue weighted by atomic mass is 9.89. The topological polar surface area (TPSA) is 366 Å². The molecule has 4 aromatic rings. The second-order valence-electron chi connectivity index (χ2n) is 28.5. The van der Waals surface area contributed by atoms with E-state index >= 15 is 4.79 Å². The molecule has 2 saturated heterocycles. The summed E-state index contributed by atoms with van der Waals surface area (Å²) < 4.78 is 24.4. The first kappa shape index (κ1) is 80.1. The fourth-order valence-corrected chi connectivity index (χ4v) is 14.6. The number of methoxy groups -OCH3 is 2. The number of ether oxygens (including phenoxy) is 3. The molecule has 3 aliphatic heterocycles. The Morgan fingerprint density at radius 1 is 0.731 bits per heavy atom. The molecule has 1 unspecified atom stereocenters. The monoisotopic (exact) mass is 1440 g/mol. The minimum Gasteiger partial charge on any atom is -0.445 e. The third-order valence-corrected chi connectivity index (χ3v) is 20.5. The van der Waals surface area contributed by atoms with E-state index in [1.165, 1.54) is 31.3 Å². The second-order valence-corrected chi connectivity index (χ2v) is 28.5. The van der Waals surface area contributed by atoms with Crippen LogP contribution in [0.4, 0.5) is 15.3 Å². The Balaban J connectivity index is 0.856. The number of piperidine rings is 1. The van der Waals surface area contributed by atoms with Crippen molar-refractivity contribution in [1.82, 2.24) is 56.4 Å². The van der Waals surface area contributed by atoms with Gasteiger partial charge in [-0.2, -0.15) is 0 Å². The third kappa shape index (κ3) is 21.1. The molecule has 8 N–H and O–H groups in total. The van der Waals surface area contributed by atoms with Crippen LogP contribution >= 0.6 is 0 Å². The normalized spacial score (nSPS) is 19.5. The molecule has 1 saturated carbocycles. The van der Waals surface area contributed by atoms with Crippen molar-refractivity contribution in [1.29, 1.82) is 0 Å². The molecule has 3 fully saturated rings. The fourth-order valence-electron chi connectivity index (χ4n) is 14.6. The van der Waals surface area contributed by atoms with E-state index in [9.17, 15) is 47.9 Å². The van der Waals surface area contributed by atoms with Crippen LogP contribution in [0.3, 0.4) is 0 Å². The molecule has 4 heterocycles. The average molecular weight is 1440 g/mol. The number of hydrogen-bond donors (Lipinski definition) is 7. The highest BCUT2D eigenvalue weighted by molar-refractivity contribution is 6.12. The van der Waals surface area contributed by atoms with Gasteiger partial charge in [0, 0.05) is 83.2 Å². The summed E-state index contributed by atoms with van der Waals surface area (Å²) in [5, 5.41) is 25.7. The zero-order valence-electron chi connectivity index (χ0n) is 61.5. The number of nitrogens with one attached hydrogen (secondary N) is 6. The molecule has 0 spiro atoms. The van der Waals surface area contributed by atoms with Crippen LogP contribution in [-0.4, -0.2) is 190 Å². The number of hydrogen-bond acceptors (Lipinski definition) is 17. The molecule has 3 aromatic carbocycles. The van der Waals surface area contributed by atoms with E-state index in [1.54, 1.807) is 61.9 Å². The summed E-state index contributed by atoms with van der Waals surface area (Å²) in [6.45, 7) is 13.5. The van der Waals surface area contributed by atoms with E-state index in [1.807, 2.05) is 88.4 Å². The first-order valence-electron chi connectivity index (χ1n) is 36.5. The van der Waals surface area contributed by atoms with E-state index in [2.05, 4.69) is 42.1 Å². The minimum atomic E-state index is -1.11. The van der Waals surface area contributed by atoms with Crippen molar-refractivity contribution >= 4 is 71.0 Å². The molecule has 1 aromatic heterocycles. The number of unbranched alkanes of at least 4 members (excludes halogenated alkanes) is 2. The lowest BCUT2D eigenvalue weighted by molar-refractivity contribution is -0.148. The van der Waals surface area contributed by atoms with Crippen molar-refractivity contribution in [2.45, 2.75) is 206 Å². The summed E-state index contributed by atoms with van der Waals surface area (Å²) in [7, 11) is 4.72. The molecular weight excluding hydrogens is 1330 g/mol. The smallest absolute Gasteiger partial charge is 0.411 e. The van der Waals surface area contributed by atoms with E-state index < -0.39 is 102 Å². The Labute approximate surface area is 608 Å². The number of imide groups is 1. The van der Waals surface area contributed by atoms with Gasteiger partial charge in [0.15, 0.2) is 0 Å². The summed E-state index contributed by atoms with van der Waals surface area (Å²) in [6, 6.07) is 18.7. The molecule has 12 amide bonds. The molecule has 28 nitrogen and oxygen atoms in total. The quantitative estimate of drug-likeness (QED) is 0.0177. The maximum Gasteiger partial charge on any atom is 0.411 e. The summed E-state index contributed by atoms with van der Waals surface area (Å²) in [6.07, 6.45) is 6.29. The van der Waals surface area contributed by atoms with Gasteiger partial charge < -0.3 is 66.1 Å². The third-order valence-electron chi connectivity index (χ3n) is 20.5. The van der Waals surface area contributed by atoms with Crippen LogP contribution in [0.15, 0.2) is 101 Å². The number of carbonyl (C=O) groups is 11. The number of rotatable bonds is 38. The van der Waals surface area contributed by atoms with Gasteiger partial charge in [-0.1, -0.05) is 122 Å². The van der Waals surface area contributed by atoms with E-state index in [-0.39, 0.29) is 105 Å². The molecule has 104 heavy (non-hydrogen) atoms. The van der Waals surface area contributed by atoms with Gasteiger partial charge in [0.1, 0.15) is 36.8 Å².